The number of anilines is 1. The number of benzene rings is 2. The molecular weight excluding hydrogens is 384 g/mol. The Morgan fingerprint density at radius 2 is 1.53 bits per heavy atom. The van der Waals surface area contributed by atoms with Gasteiger partial charge < -0.3 is 19.7 Å². The first-order valence-corrected chi connectivity index (χ1v) is 9.72. The zero-order chi connectivity index (χ0) is 22.3. The van der Waals surface area contributed by atoms with E-state index in [1.807, 2.05) is 18.2 Å². The van der Waals surface area contributed by atoms with Gasteiger partial charge in [-0.05, 0) is 49.2 Å². The summed E-state index contributed by atoms with van der Waals surface area (Å²) in [4.78, 5) is 39.3. The van der Waals surface area contributed by atoms with E-state index >= 15 is 0 Å². The highest BCUT2D eigenvalue weighted by molar-refractivity contribution is 5.99. The van der Waals surface area contributed by atoms with Crippen molar-refractivity contribution in [2.75, 3.05) is 19.1 Å². The van der Waals surface area contributed by atoms with Crippen LogP contribution in [0.1, 0.15) is 31.1 Å². The van der Waals surface area contributed by atoms with Crippen LogP contribution < -0.4 is 15.0 Å². The molecule has 0 aliphatic rings. The van der Waals surface area contributed by atoms with Gasteiger partial charge in [0.25, 0.3) is 11.8 Å². The number of amides is 2. The average molecular weight is 412 g/mol. The summed E-state index contributed by atoms with van der Waals surface area (Å²) in [7, 11) is 3.16. The first-order chi connectivity index (χ1) is 14.2. The number of nitrogens with zero attached hydrogens (tertiary/aromatic N) is 1. The molecule has 2 rings (SSSR count). The highest BCUT2D eigenvalue weighted by Gasteiger charge is 2.30. The lowest BCUT2D eigenvalue weighted by molar-refractivity contribution is -0.156. The number of rotatable bonds is 8. The van der Waals surface area contributed by atoms with Crippen molar-refractivity contribution < 1.29 is 23.9 Å². The Labute approximate surface area is 177 Å². The standard InChI is InChI=1S/C23H28N2O5/c1-15(2)20(24-21(26)17-11-13-19(29-5)14-12-17)23(28)30-16(3)22(27)25(4)18-9-7-6-8-10-18/h6-16,20H,1-5H3,(H,24,26)/t16-,20-/m0/s1. The van der Waals surface area contributed by atoms with Crippen molar-refractivity contribution in [2.24, 2.45) is 5.92 Å². The Morgan fingerprint density at radius 1 is 0.933 bits per heavy atom. The van der Waals surface area contributed by atoms with Crippen LogP contribution in [0, 0.1) is 5.92 Å². The van der Waals surface area contributed by atoms with Gasteiger partial charge in [-0.15, -0.1) is 0 Å². The molecule has 0 aliphatic carbocycles. The Bertz CT molecular complexity index is 865. The summed E-state index contributed by atoms with van der Waals surface area (Å²) in [5, 5.41) is 2.70. The molecule has 7 heteroatoms. The number of para-hydroxylation sites is 1. The van der Waals surface area contributed by atoms with Crippen molar-refractivity contribution in [2.45, 2.75) is 32.9 Å². The number of esters is 1. The molecular formula is C23H28N2O5. The van der Waals surface area contributed by atoms with Crippen LogP contribution in [-0.4, -0.2) is 44.1 Å². The van der Waals surface area contributed by atoms with Gasteiger partial charge in [0.1, 0.15) is 11.8 Å². The van der Waals surface area contributed by atoms with E-state index in [0.717, 1.165) is 0 Å². The zero-order valence-corrected chi connectivity index (χ0v) is 17.9. The fraction of sp³-hybridized carbons (Fsp3) is 0.348. The third kappa shape index (κ3) is 5.83. The number of likely N-dealkylation sites (N-methyl/N-ethyl adjacent to an activating group) is 1. The third-order valence-electron chi connectivity index (χ3n) is 4.67. The SMILES string of the molecule is COc1ccc(C(=O)N[C@H](C(=O)O[C@@H](C)C(=O)N(C)c2ccccc2)C(C)C)cc1. The summed E-state index contributed by atoms with van der Waals surface area (Å²) in [5.41, 5.74) is 1.08. The molecule has 2 atom stereocenters. The van der Waals surface area contributed by atoms with Gasteiger partial charge in [-0.25, -0.2) is 4.79 Å². The van der Waals surface area contributed by atoms with Crippen molar-refractivity contribution in [3.05, 3.63) is 60.2 Å². The van der Waals surface area contributed by atoms with E-state index in [-0.39, 0.29) is 11.8 Å². The molecule has 160 valence electrons. The maximum absolute atomic E-state index is 12.7. The zero-order valence-electron chi connectivity index (χ0n) is 17.9. The number of ether oxygens (including phenoxy) is 2. The maximum Gasteiger partial charge on any atom is 0.329 e. The number of hydrogen-bond donors (Lipinski definition) is 1. The predicted octanol–water partition coefficient (Wildman–Crippen LogP) is 3.04. The monoisotopic (exact) mass is 412 g/mol. The van der Waals surface area contributed by atoms with Gasteiger partial charge >= 0.3 is 5.97 Å². The minimum absolute atomic E-state index is 0.228. The van der Waals surface area contributed by atoms with Crippen molar-refractivity contribution >= 4 is 23.5 Å². The summed E-state index contributed by atoms with van der Waals surface area (Å²) in [6.45, 7) is 5.11. The van der Waals surface area contributed by atoms with E-state index in [0.29, 0.717) is 17.0 Å². The topological polar surface area (TPSA) is 84.9 Å². The Morgan fingerprint density at radius 3 is 2.07 bits per heavy atom. The molecule has 1 N–H and O–H groups in total. The molecule has 0 heterocycles. The van der Waals surface area contributed by atoms with Gasteiger partial charge in [-0.3, -0.25) is 9.59 Å². The molecule has 30 heavy (non-hydrogen) atoms. The van der Waals surface area contributed by atoms with Gasteiger partial charge in [0.2, 0.25) is 0 Å². The molecule has 0 aliphatic heterocycles. The summed E-state index contributed by atoms with van der Waals surface area (Å²) < 4.78 is 10.5. The second-order valence-corrected chi connectivity index (χ2v) is 7.24. The van der Waals surface area contributed by atoms with E-state index < -0.39 is 24.0 Å². The molecule has 0 saturated heterocycles. The summed E-state index contributed by atoms with van der Waals surface area (Å²) >= 11 is 0. The molecule has 2 amide bonds. The van der Waals surface area contributed by atoms with Gasteiger partial charge in [0, 0.05) is 18.3 Å². The van der Waals surface area contributed by atoms with E-state index in [4.69, 9.17) is 9.47 Å². The lowest BCUT2D eigenvalue weighted by Crippen LogP contribution is -2.48. The third-order valence-corrected chi connectivity index (χ3v) is 4.67. The summed E-state index contributed by atoms with van der Waals surface area (Å²) in [6, 6.07) is 14.7. The van der Waals surface area contributed by atoms with E-state index in [9.17, 15) is 14.4 Å². The van der Waals surface area contributed by atoms with Crippen molar-refractivity contribution in [1.29, 1.82) is 0 Å². The van der Waals surface area contributed by atoms with Crippen LogP contribution in [0.25, 0.3) is 0 Å². The lowest BCUT2D eigenvalue weighted by Gasteiger charge is -2.25. The van der Waals surface area contributed by atoms with Gasteiger partial charge in [0.15, 0.2) is 6.10 Å². The fourth-order valence-electron chi connectivity index (χ4n) is 2.81. The van der Waals surface area contributed by atoms with Gasteiger partial charge in [0.05, 0.1) is 7.11 Å². The molecule has 0 fully saturated rings. The van der Waals surface area contributed by atoms with Crippen LogP contribution in [0.3, 0.4) is 0 Å². The number of hydrogen-bond acceptors (Lipinski definition) is 5. The molecule has 2 aromatic carbocycles. The lowest BCUT2D eigenvalue weighted by atomic mass is 10.0. The molecule has 2 aromatic rings. The van der Waals surface area contributed by atoms with Crippen LogP contribution in [0.5, 0.6) is 5.75 Å². The molecule has 0 saturated carbocycles. The Hall–Kier alpha value is -3.35. The summed E-state index contributed by atoms with van der Waals surface area (Å²) in [6.07, 6.45) is -0.998. The number of nitrogens with one attached hydrogen (secondary N) is 1. The molecule has 0 bridgehead atoms. The number of carbonyl (C=O) groups is 3. The van der Waals surface area contributed by atoms with Gasteiger partial charge in [-0.2, -0.15) is 0 Å². The highest BCUT2D eigenvalue weighted by atomic mass is 16.5. The van der Waals surface area contributed by atoms with Gasteiger partial charge in [-0.1, -0.05) is 32.0 Å². The maximum atomic E-state index is 12.7. The van der Waals surface area contributed by atoms with Crippen LogP contribution in [-0.2, 0) is 14.3 Å². The van der Waals surface area contributed by atoms with Crippen molar-refractivity contribution in [1.82, 2.24) is 5.32 Å². The smallest absolute Gasteiger partial charge is 0.329 e. The highest BCUT2D eigenvalue weighted by Crippen LogP contribution is 2.15. The van der Waals surface area contributed by atoms with Crippen LogP contribution in [0.15, 0.2) is 54.6 Å². The largest absolute Gasteiger partial charge is 0.497 e. The van der Waals surface area contributed by atoms with E-state index in [1.54, 1.807) is 57.3 Å². The molecule has 0 radical (unpaired) electrons. The second-order valence-electron chi connectivity index (χ2n) is 7.24. The number of carbonyl (C=O) groups excluding carboxylic acids is 3. The minimum atomic E-state index is -0.998. The molecule has 0 aromatic heterocycles. The first-order valence-electron chi connectivity index (χ1n) is 9.72. The Kier molecular flexibility index (Phi) is 7.98. The normalized spacial score (nSPS) is 12.6. The second kappa shape index (κ2) is 10.4. The fourth-order valence-corrected chi connectivity index (χ4v) is 2.81. The van der Waals surface area contributed by atoms with Crippen molar-refractivity contribution in [3.63, 3.8) is 0 Å². The molecule has 0 spiro atoms. The summed E-state index contributed by atoms with van der Waals surface area (Å²) in [5.74, 6) is -1.03. The van der Waals surface area contributed by atoms with Crippen LogP contribution in [0.4, 0.5) is 5.69 Å². The van der Waals surface area contributed by atoms with E-state index in [2.05, 4.69) is 5.32 Å². The first kappa shape index (κ1) is 22.9. The van der Waals surface area contributed by atoms with Crippen LogP contribution >= 0.6 is 0 Å². The molecule has 0 unspecified atom stereocenters. The quantitative estimate of drug-likeness (QED) is 0.674. The minimum Gasteiger partial charge on any atom is -0.497 e. The Balaban J connectivity index is 2.03. The predicted molar refractivity (Wildman–Crippen MR) is 114 cm³/mol. The van der Waals surface area contributed by atoms with E-state index in [1.165, 1.54) is 18.9 Å². The average Bonchev–Trinajstić information content (AvgIpc) is 2.76. The molecule has 7 nitrogen and oxygen atoms in total. The number of methoxy groups -OCH3 is 1. The van der Waals surface area contributed by atoms with Crippen molar-refractivity contribution in [3.8, 4) is 5.75 Å². The van der Waals surface area contributed by atoms with Crippen LogP contribution in [0.2, 0.25) is 0 Å².